The number of thiocarbonyl (C=S) groups is 1. The predicted molar refractivity (Wildman–Crippen MR) is 118 cm³/mol. The molecule has 0 aromatic heterocycles. The van der Waals surface area contributed by atoms with E-state index < -0.39 is 0 Å². The molecular weight excluding hydrogens is 370 g/mol. The molecule has 0 radical (unpaired) electrons. The molecule has 150 valence electrons. The fourth-order valence-electron chi connectivity index (χ4n) is 3.55. The molecule has 1 saturated heterocycles. The van der Waals surface area contributed by atoms with Crippen LogP contribution >= 0.6 is 12.2 Å². The van der Waals surface area contributed by atoms with Crippen LogP contribution < -0.4 is 20.1 Å². The van der Waals surface area contributed by atoms with Crippen LogP contribution in [0.2, 0.25) is 0 Å². The minimum absolute atomic E-state index is 0.279. The molecule has 1 atom stereocenters. The molecule has 2 N–H and O–H groups in total. The number of likely N-dealkylation sites (tertiary alicyclic amines) is 1. The number of hydrogen-bond donors (Lipinski definition) is 2. The Balaban J connectivity index is 1.63. The van der Waals surface area contributed by atoms with Crippen molar-refractivity contribution in [3.05, 3.63) is 54.1 Å². The van der Waals surface area contributed by atoms with Gasteiger partial charge < -0.3 is 20.1 Å². The van der Waals surface area contributed by atoms with Crippen molar-refractivity contribution < 1.29 is 9.47 Å². The lowest BCUT2D eigenvalue weighted by atomic mass is 10.0. The van der Waals surface area contributed by atoms with Crippen LogP contribution in [0.3, 0.4) is 0 Å². The third-order valence-electron chi connectivity index (χ3n) is 5.14. The lowest BCUT2D eigenvalue weighted by Crippen LogP contribution is -2.41. The molecule has 0 spiro atoms. The van der Waals surface area contributed by atoms with Gasteiger partial charge in [-0.1, -0.05) is 18.6 Å². The van der Waals surface area contributed by atoms with E-state index in [2.05, 4.69) is 27.7 Å². The maximum absolute atomic E-state index is 5.51. The van der Waals surface area contributed by atoms with E-state index >= 15 is 0 Å². The van der Waals surface area contributed by atoms with Crippen molar-refractivity contribution in [3.63, 3.8) is 0 Å². The van der Waals surface area contributed by atoms with Gasteiger partial charge in [-0.3, -0.25) is 4.90 Å². The predicted octanol–water partition coefficient (Wildman–Crippen LogP) is 4.22. The summed E-state index contributed by atoms with van der Waals surface area (Å²) in [5, 5.41) is 7.27. The highest BCUT2D eigenvalue weighted by molar-refractivity contribution is 7.80. The number of methoxy groups -OCH3 is 2. The minimum Gasteiger partial charge on any atom is -0.497 e. The van der Waals surface area contributed by atoms with Gasteiger partial charge in [0.05, 0.1) is 20.3 Å². The molecular formula is C22H29N3O2S. The monoisotopic (exact) mass is 399 g/mol. The first kappa shape index (κ1) is 20.4. The Morgan fingerprint density at radius 1 is 0.929 bits per heavy atom. The Labute approximate surface area is 173 Å². The zero-order chi connectivity index (χ0) is 19.8. The van der Waals surface area contributed by atoms with Crippen molar-refractivity contribution in [2.45, 2.75) is 25.3 Å². The second-order valence-electron chi connectivity index (χ2n) is 6.95. The quantitative estimate of drug-likeness (QED) is 0.680. The van der Waals surface area contributed by atoms with E-state index in [0.717, 1.165) is 36.8 Å². The number of anilines is 1. The maximum atomic E-state index is 5.51. The van der Waals surface area contributed by atoms with Gasteiger partial charge in [-0.05, 0) is 80.1 Å². The number of nitrogens with zero attached hydrogens (tertiary/aromatic N) is 1. The van der Waals surface area contributed by atoms with Gasteiger partial charge in [-0.15, -0.1) is 0 Å². The Kier molecular flexibility index (Phi) is 7.51. The molecule has 0 saturated carbocycles. The smallest absolute Gasteiger partial charge is 0.170 e. The standard InChI is InChI=1S/C22H29N3O2S/c1-26-19-10-6-17(7-11-19)21(25-14-4-3-5-15-25)16-23-22(28)24-18-8-12-20(27-2)13-9-18/h6-13,21H,3-5,14-16H2,1-2H3,(H2,23,24,28)/t21-/m1/s1. The van der Waals surface area contributed by atoms with Crippen molar-refractivity contribution in [2.24, 2.45) is 0 Å². The van der Waals surface area contributed by atoms with Gasteiger partial charge in [0.2, 0.25) is 0 Å². The van der Waals surface area contributed by atoms with E-state index in [1.165, 1.54) is 24.8 Å². The van der Waals surface area contributed by atoms with Crippen molar-refractivity contribution in [1.82, 2.24) is 10.2 Å². The summed E-state index contributed by atoms with van der Waals surface area (Å²) < 4.78 is 10.5. The summed E-state index contributed by atoms with van der Waals surface area (Å²) in [7, 11) is 3.36. The second kappa shape index (κ2) is 10.3. The lowest BCUT2D eigenvalue weighted by molar-refractivity contribution is 0.164. The highest BCUT2D eigenvalue weighted by Gasteiger charge is 2.22. The molecule has 28 heavy (non-hydrogen) atoms. The third-order valence-corrected chi connectivity index (χ3v) is 5.38. The molecule has 1 fully saturated rings. The van der Waals surface area contributed by atoms with E-state index in [0.29, 0.717) is 5.11 Å². The molecule has 0 bridgehead atoms. The van der Waals surface area contributed by atoms with Crippen LogP contribution in [-0.4, -0.2) is 43.9 Å². The highest BCUT2D eigenvalue weighted by Crippen LogP contribution is 2.26. The molecule has 6 heteroatoms. The third kappa shape index (κ3) is 5.59. The molecule has 0 amide bonds. The van der Waals surface area contributed by atoms with E-state index in [1.807, 2.05) is 36.4 Å². The van der Waals surface area contributed by atoms with Crippen LogP contribution in [0.5, 0.6) is 11.5 Å². The van der Waals surface area contributed by atoms with Gasteiger partial charge in [-0.25, -0.2) is 0 Å². The van der Waals surface area contributed by atoms with Crippen LogP contribution in [0.15, 0.2) is 48.5 Å². The van der Waals surface area contributed by atoms with Crippen LogP contribution in [0.25, 0.3) is 0 Å². The number of nitrogens with one attached hydrogen (secondary N) is 2. The summed E-state index contributed by atoms with van der Waals surface area (Å²) in [6.45, 7) is 3.00. The summed E-state index contributed by atoms with van der Waals surface area (Å²) in [4.78, 5) is 2.55. The zero-order valence-electron chi connectivity index (χ0n) is 16.6. The molecule has 2 aromatic carbocycles. The van der Waals surface area contributed by atoms with Crippen LogP contribution in [0.1, 0.15) is 30.9 Å². The molecule has 2 aromatic rings. The molecule has 1 aliphatic heterocycles. The Hall–Kier alpha value is -2.31. The molecule has 1 heterocycles. The first-order valence-electron chi connectivity index (χ1n) is 9.76. The number of ether oxygens (including phenoxy) is 2. The van der Waals surface area contributed by atoms with E-state index in [1.54, 1.807) is 14.2 Å². The SMILES string of the molecule is COc1ccc(NC(=S)NC[C@H](c2ccc(OC)cc2)N2CCCCC2)cc1. The van der Waals surface area contributed by atoms with Gasteiger partial charge in [0.1, 0.15) is 11.5 Å². The van der Waals surface area contributed by atoms with Crippen molar-refractivity contribution in [3.8, 4) is 11.5 Å². The molecule has 3 rings (SSSR count). The largest absolute Gasteiger partial charge is 0.497 e. The summed E-state index contributed by atoms with van der Waals surface area (Å²) in [6.07, 6.45) is 3.82. The fraction of sp³-hybridized carbons (Fsp3) is 0.409. The van der Waals surface area contributed by atoms with Gasteiger partial charge >= 0.3 is 0 Å². The lowest BCUT2D eigenvalue weighted by Gasteiger charge is -2.35. The molecule has 5 nitrogen and oxygen atoms in total. The van der Waals surface area contributed by atoms with Gasteiger partial charge in [0.15, 0.2) is 5.11 Å². The molecule has 0 unspecified atom stereocenters. The van der Waals surface area contributed by atoms with Crippen LogP contribution in [0, 0.1) is 0 Å². The maximum Gasteiger partial charge on any atom is 0.170 e. The Morgan fingerprint density at radius 2 is 1.50 bits per heavy atom. The van der Waals surface area contributed by atoms with Crippen molar-refractivity contribution >= 4 is 23.0 Å². The zero-order valence-corrected chi connectivity index (χ0v) is 17.4. The molecule has 1 aliphatic rings. The van der Waals surface area contributed by atoms with Gasteiger partial charge in [0.25, 0.3) is 0 Å². The highest BCUT2D eigenvalue weighted by atomic mass is 32.1. The molecule has 0 aliphatic carbocycles. The van der Waals surface area contributed by atoms with Crippen molar-refractivity contribution in [2.75, 3.05) is 39.2 Å². The number of piperidine rings is 1. The van der Waals surface area contributed by atoms with Gasteiger partial charge in [-0.2, -0.15) is 0 Å². The van der Waals surface area contributed by atoms with Crippen molar-refractivity contribution in [1.29, 1.82) is 0 Å². The van der Waals surface area contributed by atoms with Crippen LogP contribution in [-0.2, 0) is 0 Å². The minimum atomic E-state index is 0.279. The summed E-state index contributed by atoms with van der Waals surface area (Å²) >= 11 is 5.51. The van der Waals surface area contributed by atoms with Gasteiger partial charge in [0, 0.05) is 12.2 Å². The van der Waals surface area contributed by atoms with Crippen LogP contribution in [0.4, 0.5) is 5.69 Å². The Bertz CT molecular complexity index is 743. The summed E-state index contributed by atoms with van der Waals surface area (Å²) in [5.74, 6) is 1.71. The number of hydrogen-bond acceptors (Lipinski definition) is 4. The average Bonchev–Trinajstić information content (AvgIpc) is 2.75. The Morgan fingerprint density at radius 3 is 2.07 bits per heavy atom. The van der Waals surface area contributed by atoms with E-state index in [-0.39, 0.29) is 6.04 Å². The first-order chi connectivity index (χ1) is 13.7. The second-order valence-corrected chi connectivity index (χ2v) is 7.36. The van der Waals surface area contributed by atoms with E-state index in [4.69, 9.17) is 21.7 Å². The number of rotatable bonds is 7. The summed E-state index contributed by atoms with van der Waals surface area (Å²) in [5.41, 5.74) is 2.22. The fourth-order valence-corrected chi connectivity index (χ4v) is 3.75. The van der Waals surface area contributed by atoms with E-state index in [9.17, 15) is 0 Å². The average molecular weight is 400 g/mol. The topological polar surface area (TPSA) is 45.8 Å². The first-order valence-corrected chi connectivity index (χ1v) is 10.2. The summed E-state index contributed by atoms with van der Waals surface area (Å²) in [6, 6.07) is 16.4. The number of benzene rings is 2. The normalized spacial score (nSPS) is 15.5.